The average Bonchev–Trinajstić information content (AvgIpc) is 4.02. The summed E-state index contributed by atoms with van der Waals surface area (Å²) < 4.78 is 60.7. The number of likely N-dealkylation sites (N-methyl/N-ethyl adjacent to an activating group) is 1. The molecule has 21 heteroatoms. The summed E-state index contributed by atoms with van der Waals surface area (Å²) in [6, 6.07) is 6.59. The Labute approximate surface area is 413 Å². The van der Waals surface area contributed by atoms with Gasteiger partial charge in [0.25, 0.3) is 0 Å². The number of nitriles is 1. The van der Waals surface area contributed by atoms with Crippen molar-refractivity contribution < 1.29 is 76.9 Å². The van der Waals surface area contributed by atoms with Crippen LogP contribution in [0.1, 0.15) is 64.5 Å². The molecule has 388 valence electrons. The lowest BCUT2D eigenvalue weighted by Gasteiger charge is -2.47. The van der Waals surface area contributed by atoms with Gasteiger partial charge in [0, 0.05) is 44.6 Å². The van der Waals surface area contributed by atoms with Gasteiger partial charge >= 0.3 is 5.97 Å². The van der Waals surface area contributed by atoms with Gasteiger partial charge in [-0.2, -0.15) is 5.26 Å². The molecule has 3 fully saturated rings. The van der Waals surface area contributed by atoms with E-state index in [4.69, 9.17) is 52.0 Å². The van der Waals surface area contributed by atoms with E-state index in [-0.39, 0.29) is 51.8 Å². The van der Waals surface area contributed by atoms with Crippen LogP contribution in [0.25, 0.3) is 10.6 Å². The normalized spacial score (nSPS) is 37.3. The first kappa shape index (κ1) is 55.3. The van der Waals surface area contributed by atoms with Crippen molar-refractivity contribution in [2.75, 3.05) is 61.3 Å². The molecule has 0 radical (unpaired) electrons. The van der Waals surface area contributed by atoms with Crippen LogP contribution in [0, 0.1) is 35.0 Å². The molecule has 2 aromatic rings. The molecule has 0 saturated carbocycles. The van der Waals surface area contributed by atoms with Crippen molar-refractivity contribution in [2.45, 2.75) is 134 Å². The summed E-state index contributed by atoms with van der Waals surface area (Å²) in [5, 5.41) is 51.2. The first-order chi connectivity index (χ1) is 33.5. The molecule has 3 saturated heterocycles. The second kappa shape index (κ2) is 26.1. The SMILES string of the molecule is CO[C@@H]1[C@H](O)[C@@H](C)O[C@@H](OC[C@H]2/C=C(C)/C=C/C(=O)[C@H](C)CC3CCOC/C(=N\OCc4cc(-c5ccc(C#N)s5)no4)CO[C@H](CC(=O)OC2)[C@H](C)[C@H]3O[C@@H]2O[C@H](C)[C@@H](O)[C@H](N(C)C)[C@H]2O)[C@@H]1OC. The highest BCUT2D eigenvalue weighted by atomic mass is 32.1. The Hall–Kier alpha value is -3.99. The first-order valence-corrected chi connectivity index (χ1v) is 24.6. The standard InChI is InChI=1S/C49H70N4O16S/c1-26-10-12-37(54)27(2)17-32-14-15-61-23-33(51-65-25-34-18-36(52-69-34)39-13-11-35(20-50)70-39)24-62-38(28(3)45(32)68-48-44(58)41(53(6)7)42(56)29(4)66-48)19-40(55)63-21-31(16-26)22-64-49-47(60-9)46(59-8)43(57)30(5)67-49/h10-13,16,18,27-32,38,41-49,56-58H,14-15,17,19,21-25H2,1-9H3/b12-10+,26-16+,51-33+/t27-,28+,29-,30-,31+,32?,38-,41+,42-,43-,44-,45-,46-,47-,48+,49-/m1/s1. The van der Waals surface area contributed by atoms with Crippen LogP contribution in [0.5, 0.6) is 0 Å². The summed E-state index contributed by atoms with van der Waals surface area (Å²) in [5.41, 5.74) is 1.64. The summed E-state index contributed by atoms with van der Waals surface area (Å²) >= 11 is 1.29. The van der Waals surface area contributed by atoms with E-state index in [1.54, 1.807) is 57.1 Å². The molecule has 0 aromatic carbocycles. The number of fused-ring (bicyclic) bond motifs is 3. The van der Waals surface area contributed by atoms with Crippen molar-refractivity contribution in [3.8, 4) is 16.6 Å². The minimum atomic E-state index is -1.27. The lowest BCUT2D eigenvalue weighted by Crippen LogP contribution is -2.63. The zero-order valence-corrected chi connectivity index (χ0v) is 42.2. The predicted molar refractivity (Wildman–Crippen MR) is 252 cm³/mol. The van der Waals surface area contributed by atoms with Crippen molar-refractivity contribution >= 4 is 28.8 Å². The van der Waals surface area contributed by atoms with Gasteiger partial charge in [0.1, 0.15) is 46.8 Å². The van der Waals surface area contributed by atoms with Crippen molar-refractivity contribution in [3.05, 3.63) is 52.6 Å². The molecule has 3 N–H and O–H groups in total. The molecule has 70 heavy (non-hydrogen) atoms. The van der Waals surface area contributed by atoms with E-state index in [0.717, 1.165) is 10.5 Å². The fourth-order valence-corrected chi connectivity index (χ4v) is 10.1. The van der Waals surface area contributed by atoms with Crippen molar-refractivity contribution in [3.63, 3.8) is 0 Å². The Balaban J connectivity index is 1.28. The molecule has 6 rings (SSSR count). The molecule has 2 aromatic heterocycles. The van der Waals surface area contributed by atoms with E-state index in [2.05, 4.69) is 16.4 Å². The Bertz CT molecular complexity index is 2140. The van der Waals surface area contributed by atoms with Gasteiger partial charge in [-0.25, -0.2) is 0 Å². The third kappa shape index (κ3) is 14.4. The summed E-state index contributed by atoms with van der Waals surface area (Å²) in [6.45, 7) is 8.90. The number of carbonyl (C=O) groups excluding carboxylic acids is 2. The molecular weight excluding hydrogens is 933 g/mol. The van der Waals surface area contributed by atoms with E-state index >= 15 is 0 Å². The quantitative estimate of drug-likeness (QED) is 0.202. The third-order valence-electron chi connectivity index (χ3n) is 13.3. The summed E-state index contributed by atoms with van der Waals surface area (Å²) in [6.07, 6.45) is -4.26. The van der Waals surface area contributed by atoms with E-state index in [1.165, 1.54) is 31.6 Å². The Kier molecular flexibility index (Phi) is 20.6. The molecule has 16 atom stereocenters. The summed E-state index contributed by atoms with van der Waals surface area (Å²) in [7, 11) is 6.46. The van der Waals surface area contributed by atoms with Gasteiger partial charge in [-0.3, -0.25) is 9.59 Å². The number of aliphatic hydroxyl groups excluding tert-OH is 3. The summed E-state index contributed by atoms with van der Waals surface area (Å²) in [5.74, 6) is -2.34. The minimum Gasteiger partial charge on any atom is -0.465 e. The zero-order chi connectivity index (χ0) is 50.6. The Morgan fingerprint density at radius 2 is 1.70 bits per heavy atom. The van der Waals surface area contributed by atoms with Crippen LogP contribution >= 0.6 is 11.3 Å². The van der Waals surface area contributed by atoms with E-state index in [1.807, 2.05) is 26.8 Å². The highest BCUT2D eigenvalue weighted by molar-refractivity contribution is 7.15. The van der Waals surface area contributed by atoms with Crippen molar-refractivity contribution in [2.24, 2.45) is 28.8 Å². The fraction of sp³-hybridized carbons (Fsp3) is 0.694. The molecule has 1 unspecified atom stereocenters. The molecule has 0 spiro atoms. The number of aliphatic hydroxyl groups is 3. The number of nitrogens with zero attached hydrogens (tertiary/aromatic N) is 4. The van der Waals surface area contributed by atoms with Crippen LogP contribution in [0.2, 0.25) is 0 Å². The molecule has 2 bridgehead atoms. The maximum Gasteiger partial charge on any atom is 0.308 e. The predicted octanol–water partition coefficient (Wildman–Crippen LogP) is 3.80. The van der Waals surface area contributed by atoms with Crippen molar-refractivity contribution in [1.82, 2.24) is 10.1 Å². The second-order valence-corrected chi connectivity index (χ2v) is 19.9. The fourth-order valence-electron chi connectivity index (χ4n) is 9.32. The van der Waals surface area contributed by atoms with Gasteiger partial charge in [0.05, 0.1) is 74.3 Å². The monoisotopic (exact) mass is 1000 g/mol. The van der Waals surface area contributed by atoms with Crippen LogP contribution in [0.3, 0.4) is 0 Å². The van der Waals surface area contributed by atoms with Crippen LogP contribution < -0.4 is 0 Å². The summed E-state index contributed by atoms with van der Waals surface area (Å²) in [4.78, 5) is 36.8. The van der Waals surface area contributed by atoms with Gasteiger partial charge in [0.15, 0.2) is 30.7 Å². The van der Waals surface area contributed by atoms with E-state index < -0.39 is 103 Å². The largest absolute Gasteiger partial charge is 0.465 e. The number of hydrogen-bond acceptors (Lipinski definition) is 21. The number of thiophene rings is 1. The van der Waals surface area contributed by atoms with Crippen LogP contribution in [0.15, 0.2) is 51.7 Å². The number of oxime groups is 1. The number of methoxy groups -OCH3 is 2. The number of esters is 1. The molecule has 6 heterocycles. The average molecular weight is 1000 g/mol. The Morgan fingerprint density at radius 1 is 0.957 bits per heavy atom. The maximum absolute atomic E-state index is 14.1. The highest BCUT2D eigenvalue weighted by Gasteiger charge is 2.48. The highest BCUT2D eigenvalue weighted by Crippen LogP contribution is 2.36. The third-order valence-corrected chi connectivity index (χ3v) is 14.3. The topological polar surface area (TPSA) is 253 Å². The second-order valence-electron chi connectivity index (χ2n) is 18.8. The number of aromatic nitrogens is 1. The molecule has 4 aliphatic heterocycles. The minimum absolute atomic E-state index is 0.00327. The van der Waals surface area contributed by atoms with Crippen LogP contribution in [-0.4, -0.2) is 178 Å². The van der Waals surface area contributed by atoms with E-state index in [0.29, 0.717) is 34.9 Å². The number of cyclic esters (lactones) is 1. The molecule has 0 aliphatic carbocycles. The van der Waals surface area contributed by atoms with E-state index in [9.17, 15) is 30.2 Å². The molecule has 4 aliphatic rings. The zero-order valence-electron chi connectivity index (χ0n) is 41.4. The van der Waals surface area contributed by atoms with Gasteiger partial charge in [-0.05, 0) is 71.8 Å². The number of allylic oxidation sites excluding steroid dienone is 3. The first-order valence-electron chi connectivity index (χ1n) is 23.7. The van der Waals surface area contributed by atoms with Crippen molar-refractivity contribution in [1.29, 1.82) is 5.26 Å². The molecule has 20 nitrogen and oxygen atoms in total. The van der Waals surface area contributed by atoms with Gasteiger partial charge in [-0.1, -0.05) is 41.9 Å². The lowest BCUT2D eigenvalue weighted by molar-refractivity contribution is -0.305. The molecule has 0 amide bonds. The number of hydrogen-bond donors (Lipinski definition) is 3. The number of rotatable bonds is 12. The lowest BCUT2D eigenvalue weighted by atomic mass is 9.79. The number of ketones is 1. The Morgan fingerprint density at radius 3 is 2.41 bits per heavy atom. The van der Waals surface area contributed by atoms with Gasteiger partial charge in [-0.15, -0.1) is 11.3 Å². The maximum atomic E-state index is 14.1. The van der Waals surface area contributed by atoms with Crippen LogP contribution in [0.4, 0.5) is 0 Å². The van der Waals surface area contributed by atoms with Crippen LogP contribution in [-0.2, 0) is 63.7 Å². The smallest absolute Gasteiger partial charge is 0.308 e. The molecular formula is C49H70N4O16S. The number of ether oxygens (including phenoxy) is 9. The number of carbonyl (C=O) groups is 2. The van der Waals surface area contributed by atoms with Gasteiger partial charge < -0.3 is 72.2 Å². The van der Waals surface area contributed by atoms with Gasteiger partial charge in [0.2, 0.25) is 0 Å².